The monoisotopic (exact) mass is 255 g/mol. The van der Waals surface area contributed by atoms with E-state index in [2.05, 4.69) is 61.6 Å². The predicted octanol–water partition coefficient (Wildman–Crippen LogP) is 4.27. The van der Waals surface area contributed by atoms with Crippen molar-refractivity contribution in [2.45, 2.75) is 46.0 Å². The summed E-state index contributed by atoms with van der Waals surface area (Å²) in [5, 5.41) is 0. The van der Waals surface area contributed by atoms with Crippen molar-refractivity contribution in [2.75, 3.05) is 0 Å². The van der Waals surface area contributed by atoms with Crippen LogP contribution in [0.15, 0.2) is 16.7 Å². The van der Waals surface area contributed by atoms with Crippen molar-refractivity contribution < 1.29 is 0 Å². The van der Waals surface area contributed by atoms with E-state index in [1.165, 1.54) is 11.3 Å². The number of hydrogen-bond acceptors (Lipinski definition) is 1. The third-order valence-electron chi connectivity index (χ3n) is 2.22. The Morgan fingerprint density at radius 1 is 1.21 bits per heavy atom. The van der Waals surface area contributed by atoms with E-state index in [-0.39, 0.29) is 5.41 Å². The second-order valence-corrected chi connectivity index (χ2v) is 5.79. The fourth-order valence-corrected chi connectivity index (χ4v) is 1.82. The fourth-order valence-electron chi connectivity index (χ4n) is 1.51. The maximum absolute atomic E-state index is 4.58. The SMILES string of the molecule is CC(C)c1ccc(Br)nc1C(C)(C)C. The molecule has 78 valence electrons. The van der Waals surface area contributed by atoms with Crippen molar-refractivity contribution >= 4 is 15.9 Å². The Labute approximate surface area is 95.1 Å². The number of pyridine rings is 1. The van der Waals surface area contributed by atoms with Crippen molar-refractivity contribution in [2.24, 2.45) is 0 Å². The minimum absolute atomic E-state index is 0.114. The fraction of sp³-hybridized carbons (Fsp3) is 0.583. The van der Waals surface area contributed by atoms with Gasteiger partial charge in [0, 0.05) is 5.41 Å². The van der Waals surface area contributed by atoms with Crippen LogP contribution in [-0.4, -0.2) is 4.98 Å². The molecule has 0 radical (unpaired) electrons. The van der Waals surface area contributed by atoms with E-state index < -0.39 is 0 Å². The van der Waals surface area contributed by atoms with E-state index >= 15 is 0 Å². The molecular formula is C12H18BrN. The lowest BCUT2D eigenvalue weighted by Gasteiger charge is -2.23. The van der Waals surface area contributed by atoms with Crippen LogP contribution >= 0.6 is 15.9 Å². The van der Waals surface area contributed by atoms with Crippen LogP contribution in [0.4, 0.5) is 0 Å². The van der Waals surface area contributed by atoms with Crippen molar-refractivity contribution in [1.29, 1.82) is 0 Å². The zero-order valence-electron chi connectivity index (χ0n) is 9.56. The van der Waals surface area contributed by atoms with Crippen LogP contribution in [-0.2, 0) is 5.41 Å². The van der Waals surface area contributed by atoms with E-state index in [0.29, 0.717) is 5.92 Å². The molecule has 1 aromatic rings. The van der Waals surface area contributed by atoms with Gasteiger partial charge in [-0.1, -0.05) is 40.7 Å². The first-order valence-electron chi connectivity index (χ1n) is 4.99. The Balaban J connectivity index is 3.30. The van der Waals surface area contributed by atoms with Crippen LogP contribution in [0.3, 0.4) is 0 Å². The largest absolute Gasteiger partial charge is 0.245 e. The molecule has 0 saturated carbocycles. The first kappa shape index (κ1) is 11.7. The van der Waals surface area contributed by atoms with Gasteiger partial charge in [-0.3, -0.25) is 0 Å². The summed E-state index contributed by atoms with van der Waals surface area (Å²) in [6.45, 7) is 11.0. The molecule has 0 N–H and O–H groups in total. The molecule has 14 heavy (non-hydrogen) atoms. The average Bonchev–Trinajstić information content (AvgIpc) is 2.01. The second-order valence-electron chi connectivity index (χ2n) is 4.98. The smallest absolute Gasteiger partial charge is 0.106 e. The van der Waals surface area contributed by atoms with Gasteiger partial charge in [0.05, 0.1) is 5.69 Å². The van der Waals surface area contributed by atoms with E-state index in [0.717, 1.165) is 4.60 Å². The summed E-state index contributed by atoms with van der Waals surface area (Å²) in [5.41, 5.74) is 2.66. The van der Waals surface area contributed by atoms with Gasteiger partial charge in [0.15, 0.2) is 0 Å². The van der Waals surface area contributed by atoms with E-state index in [4.69, 9.17) is 0 Å². The van der Waals surface area contributed by atoms with Crippen molar-refractivity contribution in [3.63, 3.8) is 0 Å². The van der Waals surface area contributed by atoms with Gasteiger partial charge in [-0.15, -0.1) is 0 Å². The Kier molecular flexibility index (Phi) is 3.36. The summed E-state index contributed by atoms with van der Waals surface area (Å²) < 4.78 is 0.923. The average molecular weight is 256 g/mol. The number of aromatic nitrogens is 1. The Morgan fingerprint density at radius 2 is 1.79 bits per heavy atom. The highest BCUT2D eigenvalue weighted by molar-refractivity contribution is 9.10. The van der Waals surface area contributed by atoms with Gasteiger partial charge in [0.25, 0.3) is 0 Å². The molecule has 1 rings (SSSR count). The van der Waals surface area contributed by atoms with Crippen LogP contribution in [0.1, 0.15) is 51.8 Å². The number of halogens is 1. The molecule has 0 atom stereocenters. The Morgan fingerprint density at radius 3 is 2.21 bits per heavy atom. The summed E-state index contributed by atoms with van der Waals surface area (Å²) in [5.74, 6) is 0.532. The topological polar surface area (TPSA) is 12.9 Å². The molecule has 0 saturated heterocycles. The van der Waals surface area contributed by atoms with Crippen molar-refractivity contribution in [3.05, 3.63) is 28.0 Å². The first-order valence-corrected chi connectivity index (χ1v) is 5.78. The molecule has 1 aromatic heterocycles. The van der Waals surface area contributed by atoms with Crippen LogP contribution in [0.2, 0.25) is 0 Å². The molecule has 0 aliphatic rings. The lowest BCUT2D eigenvalue weighted by Crippen LogP contribution is -2.17. The third kappa shape index (κ3) is 2.57. The maximum atomic E-state index is 4.58. The lowest BCUT2D eigenvalue weighted by atomic mass is 9.85. The van der Waals surface area contributed by atoms with Gasteiger partial charge in [-0.25, -0.2) is 4.98 Å². The Bertz CT molecular complexity index is 324. The zero-order valence-corrected chi connectivity index (χ0v) is 11.1. The molecule has 0 fully saturated rings. The van der Waals surface area contributed by atoms with Crippen LogP contribution < -0.4 is 0 Å². The molecule has 0 bridgehead atoms. The number of nitrogens with zero attached hydrogens (tertiary/aromatic N) is 1. The van der Waals surface area contributed by atoms with Crippen LogP contribution in [0.5, 0.6) is 0 Å². The number of rotatable bonds is 1. The Hall–Kier alpha value is -0.370. The van der Waals surface area contributed by atoms with Gasteiger partial charge in [-0.05, 0) is 33.5 Å². The molecule has 2 heteroatoms. The zero-order chi connectivity index (χ0) is 10.9. The molecular weight excluding hydrogens is 238 g/mol. The molecule has 0 amide bonds. The van der Waals surface area contributed by atoms with Crippen molar-refractivity contribution in [3.8, 4) is 0 Å². The third-order valence-corrected chi connectivity index (χ3v) is 2.67. The summed E-state index contributed by atoms with van der Waals surface area (Å²) in [7, 11) is 0. The van der Waals surface area contributed by atoms with Crippen LogP contribution in [0, 0.1) is 0 Å². The first-order chi connectivity index (χ1) is 6.32. The maximum Gasteiger partial charge on any atom is 0.106 e. The summed E-state index contributed by atoms with van der Waals surface area (Å²) in [6, 6.07) is 4.19. The summed E-state index contributed by atoms with van der Waals surface area (Å²) in [4.78, 5) is 4.58. The minimum atomic E-state index is 0.114. The van der Waals surface area contributed by atoms with Crippen LogP contribution in [0.25, 0.3) is 0 Å². The summed E-state index contributed by atoms with van der Waals surface area (Å²) >= 11 is 3.43. The van der Waals surface area contributed by atoms with E-state index in [1.807, 2.05) is 6.07 Å². The highest BCUT2D eigenvalue weighted by Gasteiger charge is 2.21. The van der Waals surface area contributed by atoms with Gasteiger partial charge < -0.3 is 0 Å². The highest BCUT2D eigenvalue weighted by atomic mass is 79.9. The standard InChI is InChI=1S/C12H18BrN/c1-8(2)9-6-7-10(13)14-11(9)12(3,4)5/h6-8H,1-5H3. The highest BCUT2D eigenvalue weighted by Crippen LogP contribution is 2.29. The van der Waals surface area contributed by atoms with Gasteiger partial charge >= 0.3 is 0 Å². The molecule has 0 unspecified atom stereocenters. The van der Waals surface area contributed by atoms with Gasteiger partial charge in [0.2, 0.25) is 0 Å². The number of hydrogen-bond donors (Lipinski definition) is 0. The molecule has 0 aliphatic heterocycles. The summed E-state index contributed by atoms with van der Waals surface area (Å²) in [6.07, 6.45) is 0. The van der Waals surface area contributed by atoms with Crippen molar-refractivity contribution in [1.82, 2.24) is 4.98 Å². The molecule has 1 heterocycles. The molecule has 0 aromatic carbocycles. The van der Waals surface area contributed by atoms with E-state index in [1.54, 1.807) is 0 Å². The van der Waals surface area contributed by atoms with E-state index in [9.17, 15) is 0 Å². The predicted molar refractivity (Wildman–Crippen MR) is 64.7 cm³/mol. The van der Waals surface area contributed by atoms with Gasteiger partial charge in [-0.2, -0.15) is 0 Å². The quantitative estimate of drug-likeness (QED) is 0.684. The minimum Gasteiger partial charge on any atom is -0.245 e. The molecule has 0 spiro atoms. The second kappa shape index (κ2) is 4.01. The molecule has 1 nitrogen and oxygen atoms in total. The normalized spacial score (nSPS) is 12.2. The van der Waals surface area contributed by atoms with Gasteiger partial charge in [0.1, 0.15) is 4.60 Å². The lowest BCUT2D eigenvalue weighted by molar-refractivity contribution is 0.553. The molecule has 0 aliphatic carbocycles.